The van der Waals surface area contributed by atoms with Crippen molar-refractivity contribution < 1.29 is 4.74 Å². The van der Waals surface area contributed by atoms with E-state index in [1.807, 2.05) is 49.5 Å². The maximum atomic E-state index is 7.19. The third-order valence-corrected chi connectivity index (χ3v) is 4.49. The second kappa shape index (κ2) is 4.85. The smallest absolute Gasteiger partial charge is 0.264 e. The SMILES string of the molecule is [C-]#[N+]c1ccc(-c2ccc3c(c2)C(C)(C)OC(=S)N3C)n1C. The van der Waals surface area contributed by atoms with Gasteiger partial charge >= 0.3 is 0 Å². The molecular weight excluding hydrogens is 294 g/mol. The van der Waals surface area contributed by atoms with Gasteiger partial charge in [0.25, 0.3) is 5.17 Å². The zero-order valence-corrected chi connectivity index (χ0v) is 13.9. The second-order valence-electron chi connectivity index (χ2n) is 5.92. The van der Waals surface area contributed by atoms with Gasteiger partial charge in [0.05, 0.1) is 12.7 Å². The lowest BCUT2D eigenvalue weighted by molar-refractivity contribution is 0.0904. The van der Waals surface area contributed by atoms with Crippen LogP contribution in [0.25, 0.3) is 16.1 Å². The number of nitrogens with zero attached hydrogens (tertiary/aromatic N) is 3. The minimum absolute atomic E-state index is 0.470. The molecule has 1 aromatic heterocycles. The summed E-state index contributed by atoms with van der Waals surface area (Å²) in [6, 6.07) is 10.1. The molecule has 1 aliphatic rings. The van der Waals surface area contributed by atoms with Crippen molar-refractivity contribution in [3.8, 4) is 11.3 Å². The Bertz CT molecular complexity index is 814. The molecule has 1 aromatic carbocycles. The molecule has 0 aliphatic carbocycles. The quantitative estimate of drug-likeness (QED) is 0.581. The van der Waals surface area contributed by atoms with Crippen LogP contribution in [-0.4, -0.2) is 16.8 Å². The Hall–Kier alpha value is -2.32. The first kappa shape index (κ1) is 14.6. The number of ether oxygens (including phenoxy) is 1. The van der Waals surface area contributed by atoms with Gasteiger partial charge in [0, 0.05) is 18.2 Å². The molecule has 5 heteroatoms. The Morgan fingerprint density at radius 3 is 2.55 bits per heavy atom. The van der Waals surface area contributed by atoms with Gasteiger partial charge in [-0.3, -0.25) is 4.57 Å². The van der Waals surface area contributed by atoms with E-state index < -0.39 is 5.60 Å². The average molecular weight is 311 g/mol. The van der Waals surface area contributed by atoms with Crippen molar-refractivity contribution in [1.82, 2.24) is 4.57 Å². The fourth-order valence-electron chi connectivity index (χ4n) is 2.81. The highest BCUT2D eigenvalue weighted by molar-refractivity contribution is 7.80. The van der Waals surface area contributed by atoms with Crippen LogP contribution >= 0.6 is 12.2 Å². The average Bonchev–Trinajstić information content (AvgIpc) is 2.85. The number of anilines is 1. The second-order valence-corrected chi connectivity index (χ2v) is 6.27. The molecule has 0 radical (unpaired) electrons. The number of fused-ring (bicyclic) bond motifs is 1. The molecule has 0 N–H and O–H groups in total. The van der Waals surface area contributed by atoms with E-state index in [1.54, 1.807) is 0 Å². The monoisotopic (exact) mass is 311 g/mol. The number of thiocarbonyl (C=S) groups is 1. The van der Waals surface area contributed by atoms with Crippen LogP contribution in [0.5, 0.6) is 0 Å². The molecule has 0 atom stereocenters. The molecule has 112 valence electrons. The zero-order valence-electron chi connectivity index (χ0n) is 13.0. The normalized spacial score (nSPS) is 16.0. The van der Waals surface area contributed by atoms with Gasteiger partial charge in [-0.05, 0) is 56.4 Å². The molecular formula is C17H17N3OS. The molecule has 3 rings (SSSR count). The van der Waals surface area contributed by atoms with E-state index in [-0.39, 0.29) is 0 Å². The standard InChI is InChI=1S/C17H17N3OS/c1-17(2)12-10-11(13-8-9-15(18-3)19(13)4)6-7-14(12)20(5)16(22)21-17/h6-10H,1-2,4-5H3. The fraction of sp³-hybridized carbons (Fsp3) is 0.294. The molecule has 2 heterocycles. The van der Waals surface area contributed by atoms with E-state index >= 15 is 0 Å². The maximum absolute atomic E-state index is 7.19. The lowest BCUT2D eigenvalue weighted by Crippen LogP contribution is -2.40. The number of aromatic nitrogens is 1. The van der Waals surface area contributed by atoms with Gasteiger partial charge in [-0.15, -0.1) is 0 Å². The summed E-state index contributed by atoms with van der Waals surface area (Å²) >= 11 is 5.29. The summed E-state index contributed by atoms with van der Waals surface area (Å²) < 4.78 is 7.76. The Labute approximate surface area is 135 Å². The van der Waals surface area contributed by atoms with E-state index in [0.717, 1.165) is 22.5 Å². The van der Waals surface area contributed by atoms with Crippen LogP contribution in [0.1, 0.15) is 19.4 Å². The third-order valence-electron chi connectivity index (χ3n) is 4.13. The van der Waals surface area contributed by atoms with Crippen LogP contribution in [-0.2, 0) is 17.4 Å². The maximum Gasteiger partial charge on any atom is 0.264 e. The van der Waals surface area contributed by atoms with Crippen LogP contribution in [0.3, 0.4) is 0 Å². The summed E-state index contributed by atoms with van der Waals surface area (Å²) in [4.78, 5) is 5.40. The van der Waals surface area contributed by atoms with Crippen molar-refractivity contribution in [2.75, 3.05) is 11.9 Å². The lowest BCUT2D eigenvalue weighted by atomic mass is 9.92. The molecule has 2 aromatic rings. The summed E-state index contributed by atoms with van der Waals surface area (Å²) in [5.41, 5.74) is 3.76. The summed E-state index contributed by atoms with van der Waals surface area (Å²) in [6.07, 6.45) is 0. The Morgan fingerprint density at radius 2 is 1.91 bits per heavy atom. The van der Waals surface area contributed by atoms with Crippen molar-refractivity contribution in [2.45, 2.75) is 19.4 Å². The minimum atomic E-state index is -0.470. The summed E-state index contributed by atoms with van der Waals surface area (Å²) in [5.74, 6) is 0.626. The highest BCUT2D eigenvalue weighted by Crippen LogP contribution is 2.40. The molecule has 0 fully saturated rings. The summed E-state index contributed by atoms with van der Waals surface area (Å²) in [5, 5.41) is 0.486. The van der Waals surface area contributed by atoms with Crippen LogP contribution in [0.4, 0.5) is 11.5 Å². The molecule has 0 saturated heterocycles. The van der Waals surface area contributed by atoms with E-state index in [2.05, 4.69) is 23.0 Å². The van der Waals surface area contributed by atoms with E-state index in [0.29, 0.717) is 11.0 Å². The van der Waals surface area contributed by atoms with Crippen molar-refractivity contribution in [3.63, 3.8) is 0 Å². The summed E-state index contributed by atoms with van der Waals surface area (Å²) in [7, 11) is 3.82. The molecule has 22 heavy (non-hydrogen) atoms. The van der Waals surface area contributed by atoms with Crippen molar-refractivity contribution in [3.05, 3.63) is 47.3 Å². The van der Waals surface area contributed by atoms with Crippen LogP contribution in [0.15, 0.2) is 30.3 Å². The van der Waals surface area contributed by atoms with Gasteiger partial charge in [0.2, 0.25) is 5.82 Å². The van der Waals surface area contributed by atoms with Gasteiger partial charge in [-0.2, -0.15) is 0 Å². The van der Waals surface area contributed by atoms with E-state index in [9.17, 15) is 0 Å². The Morgan fingerprint density at radius 1 is 1.18 bits per heavy atom. The predicted octanol–water partition coefficient (Wildman–Crippen LogP) is 4.23. The van der Waals surface area contributed by atoms with Crippen molar-refractivity contribution >= 4 is 28.9 Å². The first-order valence-corrected chi connectivity index (χ1v) is 7.41. The van der Waals surface area contributed by atoms with Crippen molar-refractivity contribution in [2.24, 2.45) is 7.05 Å². The fourth-order valence-corrected chi connectivity index (χ4v) is 3.12. The molecule has 0 spiro atoms. The number of hydrogen-bond acceptors (Lipinski definition) is 2. The first-order chi connectivity index (χ1) is 10.3. The third kappa shape index (κ3) is 2.08. The van der Waals surface area contributed by atoms with Gasteiger partial charge < -0.3 is 14.5 Å². The largest absolute Gasteiger partial charge is 0.460 e. The van der Waals surface area contributed by atoms with E-state index in [4.69, 9.17) is 23.5 Å². The zero-order chi connectivity index (χ0) is 16.1. The van der Waals surface area contributed by atoms with Crippen molar-refractivity contribution in [1.29, 1.82) is 0 Å². The van der Waals surface area contributed by atoms with Crippen LogP contribution < -0.4 is 4.90 Å². The minimum Gasteiger partial charge on any atom is -0.460 e. The molecule has 4 nitrogen and oxygen atoms in total. The molecule has 1 aliphatic heterocycles. The lowest BCUT2D eigenvalue weighted by Gasteiger charge is -2.39. The van der Waals surface area contributed by atoms with Crippen LogP contribution in [0.2, 0.25) is 0 Å². The number of rotatable bonds is 1. The summed E-state index contributed by atoms with van der Waals surface area (Å²) in [6.45, 7) is 11.2. The molecule has 0 saturated carbocycles. The highest BCUT2D eigenvalue weighted by Gasteiger charge is 2.35. The van der Waals surface area contributed by atoms with Gasteiger partial charge in [-0.25, -0.2) is 0 Å². The topological polar surface area (TPSA) is 21.8 Å². The Balaban J connectivity index is 2.17. The predicted molar refractivity (Wildman–Crippen MR) is 92.2 cm³/mol. The molecule has 0 amide bonds. The molecule has 0 unspecified atom stereocenters. The van der Waals surface area contributed by atoms with Gasteiger partial charge in [0.1, 0.15) is 11.3 Å². The number of hydrogen-bond donors (Lipinski definition) is 0. The Kier molecular flexibility index (Phi) is 3.22. The first-order valence-electron chi connectivity index (χ1n) is 7.00. The highest BCUT2D eigenvalue weighted by atomic mass is 32.1. The number of benzene rings is 1. The van der Waals surface area contributed by atoms with E-state index in [1.165, 1.54) is 0 Å². The van der Waals surface area contributed by atoms with Crippen LogP contribution in [0, 0.1) is 6.57 Å². The molecule has 0 bridgehead atoms. The van der Waals surface area contributed by atoms with Gasteiger partial charge in [0.15, 0.2) is 0 Å². The van der Waals surface area contributed by atoms with Gasteiger partial charge in [-0.1, -0.05) is 6.57 Å².